The van der Waals surface area contributed by atoms with Gasteiger partial charge in [-0.2, -0.15) is 4.68 Å². The van der Waals surface area contributed by atoms with Crippen molar-refractivity contribution >= 4 is 22.8 Å². The number of piperazine rings is 1. The largest absolute Gasteiger partial charge is 0.451 e. The van der Waals surface area contributed by atoms with Crippen LogP contribution in [0.4, 0.5) is 5.95 Å². The van der Waals surface area contributed by atoms with Crippen LogP contribution in [-0.4, -0.2) is 57.2 Å². The van der Waals surface area contributed by atoms with Gasteiger partial charge < -0.3 is 14.2 Å². The van der Waals surface area contributed by atoms with Crippen LogP contribution < -0.4 is 10.3 Å². The van der Waals surface area contributed by atoms with Crippen molar-refractivity contribution in [2.24, 2.45) is 0 Å². The quantitative estimate of drug-likeness (QED) is 0.515. The predicted molar refractivity (Wildman–Crippen MR) is 110 cm³/mol. The van der Waals surface area contributed by atoms with Crippen LogP contribution in [0.1, 0.15) is 10.6 Å². The van der Waals surface area contributed by atoms with E-state index >= 15 is 0 Å². The third-order valence-corrected chi connectivity index (χ3v) is 5.15. The topological polar surface area (TPSA) is 97.4 Å². The smallest absolute Gasteiger partial charge is 0.289 e. The first-order valence-electron chi connectivity index (χ1n) is 9.61. The highest BCUT2D eigenvalue weighted by Crippen LogP contribution is 2.19. The molecule has 0 spiro atoms. The van der Waals surface area contributed by atoms with Gasteiger partial charge in [0.25, 0.3) is 5.91 Å². The first-order chi connectivity index (χ1) is 14.7. The summed E-state index contributed by atoms with van der Waals surface area (Å²) >= 11 is 0. The molecule has 0 N–H and O–H groups in total. The maximum Gasteiger partial charge on any atom is 0.289 e. The fourth-order valence-corrected chi connectivity index (χ4v) is 3.59. The van der Waals surface area contributed by atoms with Gasteiger partial charge in [-0.1, -0.05) is 35.4 Å². The van der Waals surface area contributed by atoms with Crippen molar-refractivity contribution in [1.29, 1.82) is 0 Å². The lowest BCUT2D eigenvalue weighted by Crippen LogP contribution is -2.49. The van der Waals surface area contributed by atoms with E-state index < -0.39 is 0 Å². The van der Waals surface area contributed by atoms with Gasteiger partial charge in [-0.15, -0.1) is 0 Å². The molecule has 0 radical (unpaired) electrons. The Hall–Kier alpha value is -4.01. The molecule has 0 atom stereocenters. The molecule has 1 saturated heterocycles. The lowest BCUT2D eigenvalue weighted by atomic mass is 10.2. The number of fused-ring (bicyclic) bond motifs is 1. The summed E-state index contributed by atoms with van der Waals surface area (Å²) in [6.45, 7) is 2.07. The van der Waals surface area contributed by atoms with E-state index in [2.05, 4.69) is 15.5 Å². The Labute approximate surface area is 171 Å². The van der Waals surface area contributed by atoms with Gasteiger partial charge in [-0.3, -0.25) is 9.59 Å². The Morgan fingerprint density at radius 3 is 2.47 bits per heavy atom. The average Bonchev–Trinajstić information content (AvgIpc) is 3.29. The van der Waals surface area contributed by atoms with E-state index in [1.165, 1.54) is 6.07 Å². The molecule has 4 aromatic rings. The molecular weight excluding hydrogens is 384 g/mol. The molecule has 3 heterocycles. The Bertz CT molecular complexity index is 1260. The van der Waals surface area contributed by atoms with Crippen molar-refractivity contribution in [3.63, 3.8) is 0 Å². The number of nitrogens with zero attached hydrogens (tertiary/aromatic N) is 6. The third-order valence-electron chi connectivity index (χ3n) is 5.15. The van der Waals surface area contributed by atoms with Gasteiger partial charge >= 0.3 is 0 Å². The lowest BCUT2D eigenvalue weighted by molar-refractivity contribution is 0.0714. The molecule has 1 amide bonds. The molecule has 150 valence electrons. The lowest BCUT2D eigenvalue weighted by Gasteiger charge is -2.34. The van der Waals surface area contributed by atoms with Crippen molar-refractivity contribution in [2.75, 3.05) is 31.1 Å². The summed E-state index contributed by atoms with van der Waals surface area (Å²) in [6.07, 6.45) is 0. The number of aromatic nitrogens is 4. The van der Waals surface area contributed by atoms with E-state index in [9.17, 15) is 9.59 Å². The molecule has 30 heavy (non-hydrogen) atoms. The van der Waals surface area contributed by atoms with Gasteiger partial charge in [0.1, 0.15) is 5.58 Å². The molecule has 9 heteroatoms. The summed E-state index contributed by atoms with van der Waals surface area (Å²) < 4.78 is 7.37. The maximum atomic E-state index is 12.9. The van der Waals surface area contributed by atoms with Gasteiger partial charge in [-0.05, 0) is 34.7 Å². The van der Waals surface area contributed by atoms with Crippen LogP contribution in [0.5, 0.6) is 0 Å². The molecule has 5 rings (SSSR count). The Balaban J connectivity index is 1.33. The highest BCUT2D eigenvalue weighted by atomic mass is 16.3. The van der Waals surface area contributed by atoms with Crippen LogP contribution in [0.15, 0.2) is 69.9 Å². The molecule has 1 fully saturated rings. The van der Waals surface area contributed by atoms with Gasteiger partial charge in [0, 0.05) is 32.2 Å². The standard InChI is InChI=1S/C21H18N6O3/c28-17-14-19(30-18-9-5-4-8-16(17)18)20(29)25-10-12-26(13-11-25)21-22-23-24-27(21)15-6-2-1-3-7-15/h1-9,14H,10-13H2. The predicted octanol–water partition coefficient (Wildman–Crippen LogP) is 1.73. The maximum absolute atomic E-state index is 12.9. The molecule has 1 aliphatic heterocycles. The number of carbonyl (C=O) groups excluding carboxylic acids is 1. The summed E-state index contributed by atoms with van der Waals surface area (Å²) in [5, 5.41) is 12.5. The second kappa shape index (κ2) is 7.43. The molecule has 0 unspecified atom stereocenters. The van der Waals surface area contributed by atoms with Crippen molar-refractivity contribution < 1.29 is 9.21 Å². The minimum atomic E-state index is -0.292. The van der Waals surface area contributed by atoms with Gasteiger partial charge in [0.2, 0.25) is 5.95 Å². The zero-order valence-corrected chi connectivity index (χ0v) is 16.0. The molecular formula is C21H18N6O3. The Morgan fingerprint density at radius 1 is 0.933 bits per heavy atom. The van der Waals surface area contributed by atoms with E-state index in [1.54, 1.807) is 33.8 Å². The number of amides is 1. The molecule has 2 aromatic heterocycles. The summed E-state index contributed by atoms with van der Waals surface area (Å²) in [7, 11) is 0. The summed E-state index contributed by atoms with van der Waals surface area (Å²) in [4.78, 5) is 28.9. The number of para-hydroxylation sites is 2. The van der Waals surface area contributed by atoms with E-state index in [-0.39, 0.29) is 17.1 Å². The second-order valence-electron chi connectivity index (χ2n) is 6.98. The van der Waals surface area contributed by atoms with Crippen molar-refractivity contribution in [3.05, 3.63) is 76.6 Å². The number of hydrogen-bond donors (Lipinski definition) is 0. The number of carbonyl (C=O) groups is 1. The van der Waals surface area contributed by atoms with E-state index in [0.717, 1.165) is 5.69 Å². The van der Waals surface area contributed by atoms with E-state index in [4.69, 9.17) is 4.42 Å². The van der Waals surface area contributed by atoms with Gasteiger partial charge in [-0.25, -0.2) is 0 Å². The third kappa shape index (κ3) is 3.20. The zero-order valence-electron chi connectivity index (χ0n) is 16.0. The molecule has 9 nitrogen and oxygen atoms in total. The van der Waals surface area contributed by atoms with Gasteiger partial charge in [0.05, 0.1) is 11.1 Å². The number of rotatable bonds is 3. The van der Waals surface area contributed by atoms with Crippen molar-refractivity contribution in [2.45, 2.75) is 0 Å². The average molecular weight is 402 g/mol. The van der Waals surface area contributed by atoms with Crippen LogP contribution in [0.3, 0.4) is 0 Å². The van der Waals surface area contributed by atoms with E-state index in [0.29, 0.717) is 43.1 Å². The van der Waals surface area contributed by atoms with Gasteiger partial charge in [0.15, 0.2) is 11.2 Å². The van der Waals surface area contributed by atoms with Crippen LogP contribution >= 0.6 is 0 Å². The summed E-state index contributed by atoms with van der Waals surface area (Å²) in [5.41, 5.74) is 1.06. The SMILES string of the molecule is O=C(c1cc(=O)c2ccccc2o1)N1CCN(c2nnnn2-c2ccccc2)CC1. The fourth-order valence-electron chi connectivity index (χ4n) is 3.59. The molecule has 2 aromatic carbocycles. The number of benzene rings is 2. The first-order valence-corrected chi connectivity index (χ1v) is 9.61. The van der Waals surface area contributed by atoms with Crippen LogP contribution in [0, 0.1) is 0 Å². The number of anilines is 1. The molecule has 0 bridgehead atoms. The fraction of sp³-hybridized carbons (Fsp3) is 0.190. The number of hydrogen-bond acceptors (Lipinski definition) is 7. The Kier molecular flexibility index (Phi) is 4.47. The highest BCUT2D eigenvalue weighted by molar-refractivity contribution is 5.93. The van der Waals surface area contributed by atoms with Crippen molar-refractivity contribution in [1.82, 2.24) is 25.1 Å². The highest BCUT2D eigenvalue weighted by Gasteiger charge is 2.27. The zero-order chi connectivity index (χ0) is 20.5. The van der Waals surface area contributed by atoms with Crippen LogP contribution in [0.2, 0.25) is 0 Å². The second-order valence-corrected chi connectivity index (χ2v) is 6.98. The summed E-state index contributed by atoms with van der Waals surface area (Å²) in [5.74, 6) is 0.395. The minimum Gasteiger partial charge on any atom is -0.451 e. The normalized spacial score (nSPS) is 14.3. The molecule has 0 saturated carbocycles. The first kappa shape index (κ1) is 18.0. The van der Waals surface area contributed by atoms with Crippen molar-refractivity contribution in [3.8, 4) is 5.69 Å². The summed E-state index contributed by atoms with van der Waals surface area (Å²) in [6, 6.07) is 17.8. The van der Waals surface area contributed by atoms with Crippen LogP contribution in [-0.2, 0) is 0 Å². The minimum absolute atomic E-state index is 0.0567. The number of tetrazole rings is 1. The van der Waals surface area contributed by atoms with Crippen LogP contribution in [0.25, 0.3) is 16.7 Å². The molecule has 1 aliphatic rings. The molecule has 0 aliphatic carbocycles. The van der Waals surface area contributed by atoms with E-state index in [1.807, 2.05) is 35.2 Å². The Morgan fingerprint density at radius 2 is 1.67 bits per heavy atom. The monoisotopic (exact) mass is 402 g/mol.